The average molecular weight is 226 g/mol. The third-order valence-corrected chi connectivity index (χ3v) is 2.18. The van der Waals surface area contributed by atoms with Crippen LogP contribution in [0, 0.1) is 10.1 Å². The summed E-state index contributed by atoms with van der Waals surface area (Å²) in [5.41, 5.74) is 0.0820. The van der Waals surface area contributed by atoms with E-state index in [2.05, 4.69) is 5.32 Å². The van der Waals surface area contributed by atoms with Gasteiger partial charge in [-0.05, 0) is 18.6 Å². The number of nitro benzene ring substituents is 1. The second-order valence-corrected chi connectivity index (χ2v) is 3.40. The van der Waals surface area contributed by atoms with Crippen molar-refractivity contribution in [3.8, 4) is 5.75 Å². The Balaban J connectivity index is 2.82. The topological polar surface area (TPSA) is 95.6 Å². The smallest absolute Gasteiger partial charge is 0.296 e. The van der Waals surface area contributed by atoms with Gasteiger partial charge in [-0.3, -0.25) is 10.1 Å². The van der Waals surface area contributed by atoms with Crippen molar-refractivity contribution in [2.45, 2.75) is 19.4 Å². The Kier molecular flexibility index (Phi) is 4.07. The normalized spacial score (nSPS) is 12.1. The molecule has 88 valence electrons. The van der Waals surface area contributed by atoms with Crippen LogP contribution in [0.3, 0.4) is 0 Å². The van der Waals surface area contributed by atoms with Crippen LogP contribution >= 0.6 is 0 Å². The lowest BCUT2D eigenvalue weighted by Gasteiger charge is -2.10. The molecule has 1 unspecified atom stereocenters. The molecule has 0 spiro atoms. The van der Waals surface area contributed by atoms with Crippen LogP contribution in [0.5, 0.6) is 5.75 Å². The van der Waals surface area contributed by atoms with E-state index in [1.807, 2.05) is 6.92 Å². The molecular weight excluding hydrogens is 212 g/mol. The highest BCUT2D eigenvalue weighted by molar-refractivity contribution is 5.63. The summed E-state index contributed by atoms with van der Waals surface area (Å²) < 4.78 is 0. The third kappa shape index (κ3) is 3.09. The Labute approximate surface area is 92.7 Å². The lowest BCUT2D eigenvalue weighted by atomic mass is 10.2. The van der Waals surface area contributed by atoms with Gasteiger partial charge in [-0.1, -0.05) is 6.92 Å². The van der Waals surface area contributed by atoms with Gasteiger partial charge in [-0.15, -0.1) is 0 Å². The SMILES string of the molecule is CCC(O)CNc1ccc(O)cc1[N+](=O)[O-]. The Morgan fingerprint density at radius 2 is 2.25 bits per heavy atom. The zero-order chi connectivity index (χ0) is 12.1. The molecule has 0 aliphatic carbocycles. The van der Waals surface area contributed by atoms with E-state index in [1.165, 1.54) is 12.1 Å². The summed E-state index contributed by atoms with van der Waals surface area (Å²) >= 11 is 0. The number of nitro groups is 1. The fraction of sp³-hybridized carbons (Fsp3) is 0.400. The predicted molar refractivity (Wildman–Crippen MR) is 59.5 cm³/mol. The minimum Gasteiger partial charge on any atom is -0.508 e. The molecule has 0 aromatic heterocycles. The van der Waals surface area contributed by atoms with E-state index in [0.29, 0.717) is 6.42 Å². The van der Waals surface area contributed by atoms with Gasteiger partial charge in [0.2, 0.25) is 0 Å². The van der Waals surface area contributed by atoms with Crippen LogP contribution < -0.4 is 5.32 Å². The predicted octanol–water partition coefficient (Wildman–Crippen LogP) is 1.48. The molecule has 0 bridgehead atoms. The summed E-state index contributed by atoms with van der Waals surface area (Å²) in [4.78, 5) is 10.1. The number of aliphatic hydroxyl groups excluding tert-OH is 1. The average Bonchev–Trinajstić information content (AvgIpc) is 2.26. The van der Waals surface area contributed by atoms with E-state index < -0.39 is 11.0 Å². The molecule has 0 fully saturated rings. The van der Waals surface area contributed by atoms with Gasteiger partial charge in [0.15, 0.2) is 0 Å². The van der Waals surface area contributed by atoms with Gasteiger partial charge in [0.25, 0.3) is 5.69 Å². The number of aromatic hydroxyl groups is 1. The molecule has 0 radical (unpaired) electrons. The Morgan fingerprint density at radius 1 is 1.56 bits per heavy atom. The largest absolute Gasteiger partial charge is 0.508 e. The van der Waals surface area contributed by atoms with Crippen molar-refractivity contribution in [2.75, 3.05) is 11.9 Å². The van der Waals surface area contributed by atoms with Crippen molar-refractivity contribution in [1.82, 2.24) is 0 Å². The quantitative estimate of drug-likeness (QED) is 0.401. The maximum absolute atomic E-state index is 10.7. The van der Waals surface area contributed by atoms with Gasteiger partial charge in [-0.2, -0.15) is 0 Å². The van der Waals surface area contributed by atoms with Gasteiger partial charge in [0.05, 0.1) is 17.1 Å². The number of hydrogen-bond acceptors (Lipinski definition) is 5. The molecule has 1 atom stereocenters. The number of anilines is 1. The first kappa shape index (κ1) is 12.3. The summed E-state index contributed by atoms with van der Waals surface area (Å²) in [5, 5.41) is 31.9. The highest BCUT2D eigenvalue weighted by Gasteiger charge is 2.14. The second-order valence-electron chi connectivity index (χ2n) is 3.40. The lowest BCUT2D eigenvalue weighted by Crippen LogP contribution is -2.18. The monoisotopic (exact) mass is 226 g/mol. The highest BCUT2D eigenvalue weighted by atomic mass is 16.6. The Hall–Kier alpha value is -1.82. The standard InChI is InChI=1S/C10H14N2O4/c1-2-7(13)6-11-9-4-3-8(14)5-10(9)12(15)16/h3-5,7,11,13-14H,2,6H2,1H3. The van der Waals surface area contributed by atoms with E-state index in [4.69, 9.17) is 5.11 Å². The minimum absolute atomic E-state index is 0.159. The highest BCUT2D eigenvalue weighted by Crippen LogP contribution is 2.28. The molecule has 0 saturated heterocycles. The first-order valence-corrected chi connectivity index (χ1v) is 4.94. The molecule has 6 heteroatoms. The van der Waals surface area contributed by atoms with Crippen LogP contribution in [0.2, 0.25) is 0 Å². The number of phenols is 1. The number of rotatable bonds is 5. The summed E-state index contributed by atoms with van der Waals surface area (Å²) in [7, 11) is 0. The number of hydrogen-bond donors (Lipinski definition) is 3. The van der Waals surface area contributed by atoms with Crippen LogP contribution in [-0.4, -0.2) is 27.8 Å². The molecule has 0 amide bonds. The van der Waals surface area contributed by atoms with Gasteiger partial charge in [0.1, 0.15) is 11.4 Å². The first-order chi connectivity index (χ1) is 7.54. The van der Waals surface area contributed by atoms with Crippen molar-refractivity contribution in [2.24, 2.45) is 0 Å². The van der Waals surface area contributed by atoms with Crippen LogP contribution in [0.25, 0.3) is 0 Å². The number of nitrogens with zero attached hydrogens (tertiary/aromatic N) is 1. The van der Waals surface area contributed by atoms with Crippen LogP contribution in [0.1, 0.15) is 13.3 Å². The molecule has 1 aromatic carbocycles. The van der Waals surface area contributed by atoms with Gasteiger partial charge in [0, 0.05) is 6.54 Å². The molecule has 0 aliphatic rings. The van der Waals surface area contributed by atoms with Gasteiger partial charge in [-0.25, -0.2) is 0 Å². The lowest BCUT2D eigenvalue weighted by molar-refractivity contribution is -0.384. The molecule has 1 rings (SSSR count). The Morgan fingerprint density at radius 3 is 2.81 bits per heavy atom. The molecular formula is C10H14N2O4. The zero-order valence-electron chi connectivity index (χ0n) is 8.88. The van der Waals surface area contributed by atoms with Crippen molar-refractivity contribution in [1.29, 1.82) is 0 Å². The van der Waals surface area contributed by atoms with Crippen molar-refractivity contribution < 1.29 is 15.1 Å². The van der Waals surface area contributed by atoms with Crippen molar-refractivity contribution >= 4 is 11.4 Å². The van der Waals surface area contributed by atoms with Crippen LogP contribution in [0.15, 0.2) is 18.2 Å². The molecule has 0 aliphatic heterocycles. The number of aliphatic hydroxyl groups is 1. The zero-order valence-corrected chi connectivity index (χ0v) is 8.88. The molecule has 0 saturated carbocycles. The molecule has 6 nitrogen and oxygen atoms in total. The minimum atomic E-state index is -0.583. The van der Waals surface area contributed by atoms with Crippen LogP contribution in [-0.2, 0) is 0 Å². The number of nitrogens with one attached hydrogen (secondary N) is 1. The fourth-order valence-corrected chi connectivity index (χ4v) is 1.19. The third-order valence-electron chi connectivity index (χ3n) is 2.18. The van der Waals surface area contributed by atoms with E-state index >= 15 is 0 Å². The van der Waals surface area contributed by atoms with Crippen LogP contribution in [0.4, 0.5) is 11.4 Å². The molecule has 0 heterocycles. The van der Waals surface area contributed by atoms with E-state index in [1.54, 1.807) is 0 Å². The van der Waals surface area contributed by atoms with E-state index in [9.17, 15) is 15.2 Å². The maximum Gasteiger partial charge on any atom is 0.296 e. The number of benzene rings is 1. The van der Waals surface area contributed by atoms with Gasteiger partial charge >= 0.3 is 0 Å². The van der Waals surface area contributed by atoms with Gasteiger partial charge < -0.3 is 15.5 Å². The second kappa shape index (κ2) is 5.32. The summed E-state index contributed by atoms with van der Waals surface area (Å²) in [5.74, 6) is -0.159. The summed E-state index contributed by atoms with van der Waals surface area (Å²) in [6.45, 7) is 2.06. The first-order valence-electron chi connectivity index (χ1n) is 4.94. The van der Waals surface area contributed by atoms with E-state index in [-0.39, 0.29) is 23.7 Å². The fourth-order valence-electron chi connectivity index (χ4n) is 1.19. The summed E-state index contributed by atoms with van der Waals surface area (Å²) in [6.07, 6.45) is 0.0206. The van der Waals surface area contributed by atoms with E-state index in [0.717, 1.165) is 6.07 Å². The Bertz CT molecular complexity index is 381. The molecule has 3 N–H and O–H groups in total. The molecule has 1 aromatic rings. The maximum atomic E-state index is 10.7. The summed E-state index contributed by atoms with van der Waals surface area (Å²) in [6, 6.07) is 3.84. The molecule has 16 heavy (non-hydrogen) atoms. The van der Waals surface area contributed by atoms with Crippen molar-refractivity contribution in [3.05, 3.63) is 28.3 Å². The number of phenolic OH excluding ortho intramolecular Hbond substituents is 1. The van der Waals surface area contributed by atoms with Crippen molar-refractivity contribution in [3.63, 3.8) is 0 Å².